The van der Waals surface area contributed by atoms with Crippen LogP contribution in [0.5, 0.6) is 0 Å². The van der Waals surface area contributed by atoms with Crippen LogP contribution in [0.4, 0.5) is 0 Å². The number of hydrogen-bond acceptors (Lipinski definition) is 6. The maximum absolute atomic E-state index is 5.66. The van der Waals surface area contributed by atoms with Gasteiger partial charge in [0.25, 0.3) is 0 Å². The predicted molar refractivity (Wildman–Crippen MR) is 61.9 cm³/mol. The molecule has 0 amide bonds. The molecule has 6 heteroatoms. The Bertz CT molecular complexity index is 279. The summed E-state index contributed by atoms with van der Waals surface area (Å²) in [5, 5.41) is 5.60. The zero-order chi connectivity index (χ0) is 8.55. The molecule has 4 N–H and O–H groups in total. The largest absolute Gasteiger partial charge is 0.391 e. The Morgan fingerprint density at radius 2 is 1.33 bits per heavy atom. The molecule has 2 nitrogen and oxygen atoms in total. The normalized spacial score (nSPS) is 23.0. The molecule has 0 aliphatic carbocycles. The van der Waals surface area contributed by atoms with E-state index in [1.807, 2.05) is 0 Å². The Labute approximate surface area is 87.7 Å². The first-order valence-corrected chi connectivity index (χ1v) is 6.50. The van der Waals surface area contributed by atoms with Gasteiger partial charge in [0.2, 0.25) is 0 Å². The van der Waals surface area contributed by atoms with E-state index < -0.39 is 0 Å². The molecule has 0 aromatic rings. The summed E-state index contributed by atoms with van der Waals surface area (Å²) in [5.41, 5.74) is 11.3. The lowest BCUT2D eigenvalue weighted by atomic mass is 10.9. The summed E-state index contributed by atoms with van der Waals surface area (Å²) < 4.78 is 2.50. The minimum atomic E-state index is 0.732. The second-order valence-electron chi connectivity index (χ2n) is 2.02. The molecule has 0 radical (unpaired) electrons. The van der Waals surface area contributed by atoms with Gasteiger partial charge in [-0.25, -0.2) is 0 Å². The van der Waals surface area contributed by atoms with Crippen molar-refractivity contribution in [2.24, 2.45) is 11.5 Å². The van der Waals surface area contributed by atoms with Gasteiger partial charge in [-0.05, 0) is 10.8 Å². The van der Waals surface area contributed by atoms with Crippen molar-refractivity contribution >= 4 is 47.0 Å². The van der Waals surface area contributed by atoms with Crippen LogP contribution in [0.25, 0.3) is 0 Å². The second-order valence-corrected chi connectivity index (χ2v) is 6.47. The molecule has 0 aromatic carbocycles. The summed E-state index contributed by atoms with van der Waals surface area (Å²) in [5.74, 6) is 0. The first-order chi connectivity index (χ1) is 5.77. The summed E-state index contributed by atoms with van der Waals surface area (Å²) in [6.07, 6.45) is 0. The Morgan fingerprint density at radius 1 is 0.833 bits per heavy atom. The Morgan fingerprint density at radius 3 is 1.83 bits per heavy atom. The third-order valence-electron chi connectivity index (χ3n) is 1.22. The molecule has 2 aliphatic rings. The highest BCUT2D eigenvalue weighted by Crippen LogP contribution is 2.53. The van der Waals surface area contributed by atoms with E-state index in [-0.39, 0.29) is 0 Å². The van der Waals surface area contributed by atoms with Gasteiger partial charge < -0.3 is 11.5 Å². The van der Waals surface area contributed by atoms with Crippen molar-refractivity contribution in [3.8, 4) is 0 Å². The third kappa shape index (κ3) is 1.61. The summed E-state index contributed by atoms with van der Waals surface area (Å²) in [6.45, 7) is 0. The first-order valence-electron chi connectivity index (χ1n) is 3.11. The summed E-state index contributed by atoms with van der Waals surface area (Å²) >= 11 is 6.58. The van der Waals surface area contributed by atoms with Gasteiger partial charge in [-0.1, -0.05) is 47.0 Å². The Kier molecular flexibility index (Phi) is 2.59. The van der Waals surface area contributed by atoms with Crippen LogP contribution in [-0.4, -0.2) is 0 Å². The number of thioether (sulfide) groups is 4. The van der Waals surface area contributed by atoms with Gasteiger partial charge in [-0.3, -0.25) is 0 Å². The van der Waals surface area contributed by atoms with Crippen molar-refractivity contribution in [3.63, 3.8) is 0 Å². The van der Waals surface area contributed by atoms with Crippen molar-refractivity contribution in [2.45, 2.75) is 0 Å². The molecule has 0 atom stereocenters. The van der Waals surface area contributed by atoms with Gasteiger partial charge in [-0.2, -0.15) is 0 Å². The summed E-state index contributed by atoms with van der Waals surface area (Å²) in [6, 6.07) is 0. The van der Waals surface area contributed by atoms with Gasteiger partial charge in [0.1, 0.15) is 10.1 Å². The van der Waals surface area contributed by atoms with E-state index in [4.69, 9.17) is 11.5 Å². The number of nitrogens with two attached hydrogens (primary N) is 2. The van der Waals surface area contributed by atoms with Crippen LogP contribution >= 0.6 is 47.0 Å². The van der Waals surface area contributed by atoms with Gasteiger partial charge in [-0.15, -0.1) is 0 Å². The SMILES string of the molecule is NC1=C(N)SC(=C2SC=CS2)S1. The molecular formula is C6H6N2S4. The smallest absolute Gasteiger partial charge is 0.101 e. The van der Waals surface area contributed by atoms with E-state index >= 15 is 0 Å². The van der Waals surface area contributed by atoms with Gasteiger partial charge in [0.15, 0.2) is 0 Å². The monoisotopic (exact) mass is 234 g/mol. The second kappa shape index (κ2) is 3.53. The maximum atomic E-state index is 5.66. The highest BCUT2D eigenvalue weighted by atomic mass is 32.2. The first kappa shape index (κ1) is 8.80. The topological polar surface area (TPSA) is 52.0 Å². The quantitative estimate of drug-likeness (QED) is 0.672. The van der Waals surface area contributed by atoms with Gasteiger partial charge >= 0.3 is 0 Å². The molecule has 2 rings (SSSR count). The van der Waals surface area contributed by atoms with E-state index in [0.29, 0.717) is 0 Å². The molecule has 12 heavy (non-hydrogen) atoms. The third-order valence-corrected chi connectivity index (χ3v) is 6.16. The van der Waals surface area contributed by atoms with Crippen LogP contribution in [0.1, 0.15) is 0 Å². The average molecular weight is 234 g/mol. The maximum Gasteiger partial charge on any atom is 0.101 e. The molecule has 0 saturated heterocycles. The molecule has 0 aromatic heterocycles. The van der Waals surface area contributed by atoms with Crippen LogP contribution < -0.4 is 11.5 Å². The fraction of sp³-hybridized carbons (Fsp3) is 0. The van der Waals surface area contributed by atoms with Crippen LogP contribution in [0.2, 0.25) is 0 Å². The van der Waals surface area contributed by atoms with Crippen molar-refractivity contribution < 1.29 is 0 Å². The average Bonchev–Trinajstić information content (AvgIpc) is 2.61. The van der Waals surface area contributed by atoms with Crippen molar-refractivity contribution in [1.29, 1.82) is 0 Å². The Hall–Kier alpha value is 0.220. The van der Waals surface area contributed by atoms with E-state index in [9.17, 15) is 0 Å². The van der Waals surface area contributed by atoms with Crippen LogP contribution in [0.3, 0.4) is 0 Å². The van der Waals surface area contributed by atoms with Crippen molar-refractivity contribution in [2.75, 3.05) is 0 Å². The standard InChI is InChI=1S/C6H6N2S4/c7-3-4(8)12-6(11-3)5-9-1-2-10-5/h1-2H,7-8H2. The molecular weight excluding hydrogens is 228 g/mol. The van der Waals surface area contributed by atoms with Crippen LogP contribution in [-0.2, 0) is 0 Å². The van der Waals surface area contributed by atoms with Crippen LogP contribution in [0, 0.1) is 0 Å². The highest BCUT2D eigenvalue weighted by molar-refractivity contribution is 8.33. The molecule has 2 heterocycles. The number of rotatable bonds is 0. The lowest BCUT2D eigenvalue weighted by Gasteiger charge is -1.98. The minimum absolute atomic E-state index is 0.732. The number of hydrogen-bond donors (Lipinski definition) is 2. The Balaban J connectivity index is 2.16. The molecule has 0 unspecified atom stereocenters. The molecule has 0 spiro atoms. The molecule has 2 aliphatic heterocycles. The van der Waals surface area contributed by atoms with E-state index in [1.54, 1.807) is 47.0 Å². The summed E-state index contributed by atoms with van der Waals surface area (Å²) in [7, 11) is 0. The molecule has 64 valence electrons. The van der Waals surface area contributed by atoms with Gasteiger partial charge in [0.05, 0.1) is 8.47 Å². The van der Waals surface area contributed by atoms with Crippen LogP contribution in [0.15, 0.2) is 29.3 Å². The van der Waals surface area contributed by atoms with Gasteiger partial charge in [0, 0.05) is 0 Å². The molecule has 0 fully saturated rings. The van der Waals surface area contributed by atoms with Crippen molar-refractivity contribution in [3.05, 3.63) is 29.3 Å². The lowest BCUT2D eigenvalue weighted by molar-refractivity contribution is 1.44. The van der Waals surface area contributed by atoms with Crippen molar-refractivity contribution in [1.82, 2.24) is 0 Å². The zero-order valence-corrected chi connectivity index (χ0v) is 9.21. The predicted octanol–water partition coefficient (Wildman–Crippen LogP) is 2.59. The van der Waals surface area contributed by atoms with E-state index in [0.717, 1.165) is 10.1 Å². The molecule has 0 bridgehead atoms. The van der Waals surface area contributed by atoms with E-state index in [1.165, 1.54) is 8.47 Å². The minimum Gasteiger partial charge on any atom is -0.391 e. The van der Waals surface area contributed by atoms with E-state index in [2.05, 4.69) is 10.8 Å². The fourth-order valence-electron chi connectivity index (χ4n) is 0.708. The molecule has 0 saturated carbocycles. The fourth-order valence-corrected chi connectivity index (χ4v) is 4.95. The highest BCUT2D eigenvalue weighted by Gasteiger charge is 2.21. The lowest BCUT2D eigenvalue weighted by Crippen LogP contribution is -1.98. The zero-order valence-electron chi connectivity index (χ0n) is 5.94. The summed E-state index contributed by atoms with van der Waals surface area (Å²) in [4.78, 5) is 0.